The van der Waals surface area contributed by atoms with Crippen LogP contribution in [0.1, 0.15) is 85.5 Å². The van der Waals surface area contributed by atoms with Gasteiger partial charge < -0.3 is 10.1 Å². The molecule has 1 aliphatic rings. The van der Waals surface area contributed by atoms with Crippen LogP contribution in [-0.2, 0) is 22.4 Å². The van der Waals surface area contributed by atoms with Crippen molar-refractivity contribution in [3.8, 4) is 0 Å². The number of hydrogen-bond acceptors (Lipinski definition) is 4. The van der Waals surface area contributed by atoms with Crippen LogP contribution in [0.25, 0.3) is 0 Å². The van der Waals surface area contributed by atoms with Gasteiger partial charge >= 0.3 is 5.97 Å². The number of hydrogen-bond donors (Lipinski definition) is 1. The number of rotatable bonds is 7. The Kier molecular flexibility index (Phi) is 7.76. The third kappa shape index (κ3) is 5.07. The number of fused-ring (bicyclic) bond motifs is 1. The van der Waals surface area contributed by atoms with Gasteiger partial charge in [-0.1, -0.05) is 39.0 Å². The zero-order chi connectivity index (χ0) is 17.4. The minimum atomic E-state index is -0.325. The normalized spacial score (nSPS) is 14.4. The average Bonchev–Trinajstić information content (AvgIpc) is 2.87. The van der Waals surface area contributed by atoms with Crippen LogP contribution in [0, 0.1) is 0 Å². The molecule has 24 heavy (non-hydrogen) atoms. The highest BCUT2D eigenvalue weighted by molar-refractivity contribution is 7.17. The van der Waals surface area contributed by atoms with Crippen LogP contribution in [0.5, 0.6) is 0 Å². The van der Waals surface area contributed by atoms with E-state index in [2.05, 4.69) is 12.2 Å². The van der Waals surface area contributed by atoms with Gasteiger partial charge in [0.2, 0.25) is 5.91 Å². The largest absolute Gasteiger partial charge is 0.465 e. The standard InChI is InChI=1S/C19H29NO3S/c1-3-4-5-10-13-16(21)20-18-17(19(22)23-2)14-11-8-6-7-9-12-15(14)24-18/h3-13H2,1-2H3,(H,20,21). The second kappa shape index (κ2) is 9.82. The molecule has 5 heteroatoms. The van der Waals surface area contributed by atoms with Gasteiger partial charge in [-0.05, 0) is 37.7 Å². The topological polar surface area (TPSA) is 55.4 Å². The van der Waals surface area contributed by atoms with Gasteiger partial charge in [0.05, 0.1) is 12.7 Å². The number of aryl methyl sites for hydroxylation is 1. The Labute approximate surface area is 149 Å². The lowest BCUT2D eigenvalue weighted by Crippen LogP contribution is -2.14. The second-order valence-corrected chi connectivity index (χ2v) is 7.58. The monoisotopic (exact) mass is 351 g/mol. The van der Waals surface area contributed by atoms with Gasteiger partial charge in [-0.2, -0.15) is 0 Å². The Balaban J connectivity index is 2.14. The quantitative estimate of drug-likeness (QED) is 0.549. The van der Waals surface area contributed by atoms with E-state index in [9.17, 15) is 9.59 Å². The Morgan fingerprint density at radius 3 is 2.54 bits per heavy atom. The van der Waals surface area contributed by atoms with Crippen molar-refractivity contribution < 1.29 is 14.3 Å². The summed E-state index contributed by atoms with van der Waals surface area (Å²) >= 11 is 1.57. The minimum Gasteiger partial charge on any atom is -0.465 e. The summed E-state index contributed by atoms with van der Waals surface area (Å²) in [5.74, 6) is -0.320. The number of amides is 1. The molecule has 0 atom stereocenters. The smallest absolute Gasteiger partial charge is 0.341 e. The fraction of sp³-hybridized carbons (Fsp3) is 0.684. The van der Waals surface area contributed by atoms with Gasteiger partial charge in [-0.25, -0.2) is 4.79 Å². The maximum Gasteiger partial charge on any atom is 0.341 e. The average molecular weight is 352 g/mol. The maximum absolute atomic E-state index is 12.3. The molecule has 0 unspecified atom stereocenters. The molecule has 4 nitrogen and oxygen atoms in total. The number of thiophene rings is 1. The van der Waals surface area contributed by atoms with Crippen LogP contribution in [0.2, 0.25) is 0 Å². The number of esters is 1. The highest BCUT2D eigenvalue weighted by Crippen LogP contribution is 2.37. The van der Waals surface area contributed by atoms with Crippen molar-refractivity contribution in [3.05, 3.63) is 16.0 Å². The molecular weight excluding hydrogens is 322 g/mol. The van der Waals surface area contributed by atoms with E-state index in [1.807, 2.05) is 0 Å². The molecule has 0 saturated heterocycles. The zero-order valence-corrected chi connectivity index (χ0v) is 15.7. The lowest BCUT2D eigenvalue weighted by molar-refractivity contribution is -0.116. The molecule has 0 spiro atoms. The highest BCUT2D eigenvalue weighted by atomic mass is 32.1. The SMILES string of the molecule is CCCCCCC(=O)Nc1sc2c(c1C(=O)OC)CCCCCC2. The fourth-order valence-corrected chi connectivity index (χ4v) is 4.52. The third-order valence-corrected chi connectivity index (χ3v) is 5.78. The number of unbranched alkanes of at least 4 members (excludes halogenated alkanes) is 3. The Bertz CT molecular complexity index is 565. The van der Waals surface area contributed by atoms with E-state index in [-0.39, 0.29) is 11.9 Å². The van der Waals surface area contributed by atoms with Crippen molar-refractivity contribution in [2.24, 2.45) is 0 Å². The molecule has 0 aliphatic heterocycles. The van der Waals surface area contributed by atoms with Crippen molar-refractivity contribution in [2.45, 2.75) is 77.6 Å². The van der Waals surface area contributed by atoms with Crippen molar-refractivity contribution in [1.82, 2.24) is 0 Å². The predicted molar refractivity (Wildman–Crippen MR) is 98.9 cm³/mol. The van der Waals surface area contributed by atoms with E-state index in [1.54, 1.807) is 11.3 Å². The molecule has 134 valence electrons. The van der Waals surface area contributed by atoms with Crippen LogP contribution < -0.4 is 5.32 Å². The summed E-state index contributed by atoms with van der Waals surface area (Å²) < 4.78 is 4.98. The van der Waals surface area contributed by atoms with Gasteiger partial charge in [0.25, 0.3) is 0 Å². The van der Waals surface area contributed by atoms with Crippen LogP contribution >= 0.6 is 11.3 Å². The first-order valence-corrected chi connectivity index (χ1v) is 10.0. The summed E-state index contributed by atoms with van der Waals surface area (Å²) in [4.78, 5) is 25.8. The summed E-state index contributed by atoms with van der Waals surface area (Å²) in [6.07, 6.45) is 11.4. The number of nitrogens with one attached hydrogen (secondary N) is 1. The number of methoxy groups -OCH3 is 1. The first-order chi connectivity index (χ1) is 11.7. The Hall–Kier alpha value is -1.36. The van der Waals surface area contributed by atoms with Crippen LogP contribution in [0.4, 0.5) is 5.00 Å². The molecule has 1 aliphatic carbocycles. The first kappa shape index (κ1) is 19.0. The zero-order valence-electron chi connectivity index (χ0n) is 14.9. The molecule has 0 radical (unpaired) electrons. The lowest BCUT2D eigenvalue weighted by atomic mass is 9.96. The third-order valence-electron chi connectivity index (χ3n) is 4.57. The molecular formula is C19H29NO3S. The number of carbonyl (C=O) groups is 2. The lowest BCUT2D eigenvalue weighted by Gasteiger charge is -2.11. The van der Waals surface area contributed by atoms with Crippen molar-refractivity contribution in [3.63, 3.8) is 0 Å². The van der Waals surface area contributed by atoms with E-state index in [0.29, 0.717) is 17.0 Å². The van der Waals surface area contributed by atoms with Crippen molar-refractivity contribution in [1.29, 1.82) is 0 Å². The van der Waals surface area contributed by atoms with Gasteiger partial charge in [0.1, 0.15) is 5.00 Å². The van der Waals surface area contributed by atoms with E-state index in [4.69, 9.17) is 4.74 Å². The van der Waals surface area contributed by atoms with Crippen molar-refractivity contribution in [2.75, 3.05) is 12.4 Å². The summed E-state index contributed by atoms with van der Waals surface area (Å²) in [5.41, 5.74) is 1.70. The van der Waals surface area contributed by atoms with Gasteiger partial charge in [0.15, 0.2) is 0 Å². The predicted octanol–water partition coefficient (Wildman–Crippen LogP) is 5.10. The van der Waals surface area contributed by atoms with E-state index in [1.165, 1.54) is 24.8 Å². The number of carbonyl (C=O) groups excluding carboxylic acids is 2. The van der Waals surface area contributed by atoms with Crippen LogP contribution in [0.15, 0.2) is 0 Å². The molecule has 1 amide bonds. The molecule has 1 N–H and O–H groups in total. The number of anilines is 1. The second-order valence-electron chi connectivity index (χ2n) is 6.47. The van der Waals surface area contributed by atoms with E-state index in [0.717, 1.165) is 56.9 Å². The van der Waals surface area contributed by atoms with Crippen molar-refractivity contribution >= 4 is 28.2 Å². The molecule has 0 bridgehead atoms. The first-order valence-electron chi connectivity index (χ1n) is 9.20. The molecule has 0 saturated carbocycles. The Morgan fingerprint density at radius 2 is 1.83 bits per heavy atom. The molecule has 2 rings (SSSR count). The van der Waals surface area contributed by atoms with Crippen LogP contribution in [0.3, 0.4) is 0 Å². The van der Waals surface area contributed by atoms with E-state index < -0.39 is 0 Å². The van der Waals surface area contributed by atoms with Gasteiger partial charge in [-0.3, -0.25) is 4.79 Å². The minimum absolute atomic E-state index is 0.00507. The van der Waals surface area contributed by atoms with Gasteiger partial charge in [0, 0.05) is 11.3 Å². The summed E-state index contributed by atoms with van der Waals surface area (Å²) in [6, 6.07) is 0. The molecule has 0 aromatic carbocycles. The molecule has 1 aromatic heterocycles. The Morgan fingerprint density at radius 1 is 1.08 bits per heavy atom. The van der Waals surface area contributed by atoms with Crippen LogP contribution in [-0.4, -0.2) is 19.0 Å². The summed E-state index contributed by atoms with van der Waals surface area (Å²) in [5, 5.41) is 3.67. The number of ether oxygens (including phenoxy) is 1. The highest BCUT2D eigenvalue weighted by Gasteiger charge is 2.25. The fourth-order valence-electron chi connectivity index (χ4n) is 3.23. The summed E-state index contributed by atoms with van der Waals surface area (Å²) in [6.45, 7) is 2.16. The molecule has 1 heterocycles. The molecule has 0 fully saturated rings. The molecule has 1 aromatic rings. The maximum atomic E-state index is 12.3. The van der Waals surface area contributed by atoms with E-state index >= 15 is 0 Å². The summed E-state index contributed by atoms with van der Waals surface area (Å²) in [7, 11) is 1.41. The van der Waals surface area contributed by atoms with Gasteiger partial charge in [-0.15, -0.1) is 11.3 Å².